The van der Waals surface area contributed by atoms with E-state index in [2.05, 4.69) is 10.6 Å². The van der Waals surface area contributed by atoms with Gasteiger partial charge in [0.25, 0.3) is 5.91 Å². The Kier molecular flexibility index (Phi) is 8.96. The van der Waals surface area contributed by atoms with Gasteiger partial charge in [0, 0.05) is 35.7 Å². The van der Waals surface area contributed by atoms with Crippen molar-refractivity contribution < 1.29 is 14.3 Å². The maximum atomic E-state index is 12.2. The summed E-state index contributed by atoms with van der Waals surface area (Å²) in [5.74, 6) is 0.573. The molecule has 0 aliphatic carbocycles. The number of carbonyl (C=O) groups is 2. The Morgan fingerprint density at radius 2 is 1.76 bits per heavy atom. The van der Waals surface area contributed by atoms with Gasteiger partial charge in [-0.15, -0.1) is 0 Å². The van der Waals surface area contributed by atoms with E-state index in [-0.39, 0.29) is 17.9 Å². The van der Waals surface area contributed by atoms with Gasteiger partial charge in [0.05, 0.1) is 13.2 Å². The molecule has 0 fully saturated rings. The van der Waals surface area contributed by atoms with Crippen molar-refractivity contribution in [3.05, 3.63) is 64.7 Å². The summed E-state index contributed by atoms with van der Waals surface area (Å²) >= 11 is 5.82. The van der Waals surface area contributed by atoms with E-state index in [9.17, 15) is 9.59 Å². The van der Waals surface area contributed by atoms with E-state index in [1.165, 1.54) is 0 Å². The van der Waals surface area contributed by atoms with Crippen LogP contribution in [0, 0.1) is 0 Å². The van der Waals surface area contributed by atoms with Crippen LogP contribution in [0.1, 0.15) is 34.8 Å². The van der Waals surface area contributed by atoms with E-state index in [1.54, 1.807) is 31.4 Å². The monoisotopic (exact) mass is 417 g/mol. The summed E-state index contributed by atoms with van der Waals surface area (Å²) < 4.78 is 5.44. The van der Waals surface area contributed by atoms with Gasteiger partial charge < -0.3 is 20.3 Å². The minimum atomic E-state index is -0.175. The van der Waals surface area contributed by atoms with Crippen molar-refractivity contribution in [3.63, 3.8) is 0 Å². The molecule has 0 saturated heterocycles. The number of hydrogen-bond donors (Lipinski definition) is 2. The van der Waals surface area contributed by atoms with Crippen LogP contribution in [0.4, 0.5) is 0 Å². The number of likely N-dealkylation sites (N-methyl/N-ethyl adjacent to an activating group) is 1. The van der Waals surface area contributed by atoms with Crippen LogP contribution in [0.15, 0.2) is 48.5 Å². The number of para-hydroxylation sites is 1. The fourth-order valence-electron chi connectivity index (χ4n) is 2.97. The van der Waals surface area contributed by atoms with E-state index in [1.807, 2.05) is 43.3 Å². The number of amides is 2. The number of rotatable bonds is 10. The molecule has 1 atom stereocenters. The maximum Gasteiger partial charge on any atom is 0.251 e. The van der Waals surface area contributed by atoms with Crippen LogP contribution in [0.5, 0.6) is 5.75 Å². The van der Waals surface area contributed by atoms with Crippen molar-refractivity contribution in [1.82, 2.24) is 15.5 Å². The van der Waals surface area contributed by atoms with Gasteiger partial charge in [0.2, 0.25) is 5.91 Å². The standard InChI is InChI=1S/C22H28ClN3O3/c1-26(2)19(18-7-4-5-8-20(18)29-3)15-25-21(27)9-6-14-24-22(28)16-10-12-17(23)13-11-16/h4-5,7-8,10-13,19H,6,9,14-15H2,1-3H3,(H,24,28)(H,25,27). The molecule has 0 spiro atoms. The molecule has 0 bridgehead atoms. The first-order chi connectivity index (χ1) is 13.9. The maximum absolute atomic E-state index is 12.2. The summed E-state index contributed by atoms with van der Waals surface area (Å²) in [6.45, 7) is 0.905. The van der Waals surface area contributed by atoms with Crippen LogP contribution < -0.4 is 15.4 Å². The topological polar surface area (TPSA) is 70.7 Å². The zero-order chi connectivity index (χ0) is 21.2. The van der Waals surface area contributed by atoms with Gasteiger partial charge >= 0.3 is 0 Å². The van der Waals surface area contributed by atoms with Crippen molar-refractivity contribution in [2.45, 2.75) is 18.9 Å². The molecule has 0 aromatic heterocycles. The molecule has 2 aromatic carbocycles. The third-order valence-corrected chi connectivity index (χ3v) is 4.84. The smallest absolute Gasteiger partial charge is 0.251 e. The summed E-state index contributed by atoms with van der Waals surface area (Å²) in [6.07, 6.45) is 0.902. The van der Waals surface area contributed by atoms with Gasteiger partial charge in [-0.1, -0.05) is 29.8 Å². The van der Waals surface area contributed by atoms with Crippen molar-refractivity contribution >= 4 is 23.4 Å². The van der Waals surface area contributed by atoms with E-state index in [0.717, 1.165) is 11.3 Å². The molecule has 7 heteroatoms. The third kappa shape index (κ3) is 7.07. The van der Waals surface area contributed by atoms with E-state index < -0.39 is 0 Å². The highest BCUT2D eigenvalue weighted by molar-refractivity contribution is 6.30. The Labute approximate surface area is 177 Å². The Morgan fingerprint density at radius 1 is 1.07 bits per heavy atom. The molecule has 1 unspecified atom stereocenters. The zero-order valence-electron chi connectivity index (χ0n) is 17.1. The molecule has 2 rings (SSSR count). The van der Waals surface area contributed by atoms with Gasteiger partial charge in [0.15, 0.2) is 0 Å². The largest absolute Gasteiger partial charge is 0.496 e. The van der Waals surface area contributed by atoms with Crippen LogP contribution in [-0.4, -0.2) is 51.0 Å². The second kappa shape index (κ2) is 11.4. The Hall–Kier alpha value is -2.57. The summed E-state index contributed by atoms with van der Waals surface area (Å²) in [6, 6.07) is 14.5. The average molecular weight is 418 g/mol. The van der Waals surface area contributed by atoms with Crippen LogP contribution in [0.25, 0.3) is 0 Å². The first-order valence-electron chi connectivity index (χ1n) is 9.52. The fourth-order valence-corrected chi connectivity index (χ4v) is 3.09. The van der Waals surface area contributed by atoms with Gasteiger partial charge in [-0.2, -0.15) is 0 Å². The molecule has 0 heterocycles. The lowest BCUT2D eigenvalue weighted by Crippen LogP contribution is -2.35. The Morgan fingerprint density at radius 3 is 2.41 bits per heavy atom. The van der Waals surface area contributed by atoms with Crippen LogP contribution in [-0.2, 0) is 4.79 Å². The number of benzene rings is 2. The highest BCUT2D eigenvalue weighted by Gasteiger charge is 2.18. The fraction of sp³-hybridized carbons (Fsp3) is 0.364. The lowest BCUT2D eigenvalue weighted by molar-refractivity contribution is -0.121. The molecule has 0 saturated carbocycles. The second-order valence-electron chi connectivity index (χ2n) is 6.89. The quantitative estimate of drug-likeness (QED) is 0.582. The zero-order valence-corrected chi connectivity index (χ0v) is 17.8. The molecule has 2 aromatic rings. The average Bonchev–Trinajstić information content (AvgIpc) is 2.71. The minimum absolute atomic E-state index is 0.000271. The summed E-state index contributed by atoms with van der Waals surface area (Å²) in [5.41, 5.74) is 1.57. The number of hydrogen-bond acceptors (Lipinski definition) is 4. The summed E-state index contributed by atoms with van der Waals surface area (Å²) in [7, 11) is 5.58. The third-order valence-electron chi connectivity index (χ3n) is 4.59. The van der Waals surface area contributed by atoms with Crippen LogP contribution in [0.2, 0.25) is 5.02 Å². The number of nitrogens with one attached hydrogen (secondary N) is 2. The van der Waals surface area contributed by atoms with E-state index in [0.29, 0.717) is 36.5 Å². The lowest BCUT2D eigenvalue weighted by Gasteiger charge is -2.26. The van der Waals surface area contributed by atoms with E-state index in [4.69, 9.17) is 16.3 Å². The van der Waals surface area contributed by atoms with E-state index >= 15 is 0 Å². The molecule has 0 aliphatic rings. The van der Waals surface area contributed by atoms with Gasteiger partial charge in [-0.25, -0.2) is 0 Å². The number of methoxy groups -OCH3 is 1. The second-order valence-corrected chi connectivity index (χ2v) is 7.33. The summed E-state index contributed by atoms with van der Waals surface area (Å²) in [4.78, 5) is 26.3. The molecule has 6 nitrogen and oxygen atoms in total. The van der Waals surface area contributed by atoms with Gasteiger partial charge in [-0.05, 0) is 50.8 Å². The molecule has 2 N–H and O–H groups in total. The Bertz CT molecular complexity index is 809. The molecular formula is C22H28ClN3O3. The molecule has 0 radical (unpaired) electrons. The van der Waals surface area contributed by atoms with Crippen LogP contribution >= 0.6 is 11.6 Å². The normalized spacial score (nSPS) is 11.8. The highest BCUT2D eigenvalue weighted by Crippen LogP contribution is 2.27. The highest BCUT2D eigenvalue weighted by atomic mass is 35.5. The van der Waals surface area contributed by atoms with Crippen molar-refractivity contribution in [3.8, 4) is 5.75 Å². The number of halogens is 1. The van der Waals surface area contributed by atoms with Crippen molar-refractivity contribution in [2.24, 2.45) is 0 Å². The number of carbonyl (C=O) groups excluding carboxylic acids is 2. The number of ether oxygens (including phenoxy) is 1. The minimum Gasteiger partial charge on any atom is -0.496 e. The lowest BCUT2D eigenvalue weighted by atomic mass is 10.0. The molecular weight excluding hydrogens is 390 g/mol. The first kappa shape index (κ1) is 22.7. The van der Waals surface area contributed by atoms with Crippen molar-refractivity contribution in [2.75, 3.05) is 34.3 Å². The predicted molar refractivity (Wildman–Crippen MR) is 115 cm³/mol. The van der Waals surface area contributed by atoms with Gasteiger partial charge in [0.1, 0.15) is 5.75 Å². The van der Waals surface area contributed by atoms with Crippen LogP contribution in [0.3, 0.4) is 0 Å². The molecule has 29 heavy (non-hydrogen) atoms. The first-order valence-corrected chi connectivity index (χ1v) is 9.90. The molecule has 156 valence electrons. The molecule has 0 aliphatic heterocycles. The van der Waals surface area contributed by atoms with Gasteiger partial charge in [-0.3, -0.25) is 9.59 Å². The summed E-state index contributed by atoms with van der Waals surface area (Å²) in [5, 5.41) is 6.37. The van der Waals surface area contributed by atoms with Crippen molar-refractivity contribution in [1.29, 1.82) is 0 Å². The Balaban J connectivity index is 1.76. The number of nitrogens with zero attached hydrogens (tertiary/aromatic N) is 1. The molecule has 2 amide bonds. The predicted octanol–water partition coefficient (Wildman–Crippen LogP) is 3.28. The SMILES string of the molecule is COc1ccccc1C(CNC(=O)CCCNC(=O)c1ccc(Cl)cc1)N(C)C.